The summed E-state index contributed by atoms with van der Waals surface area (Å²) in [4.78, 5) is 12.4. The van der Waals surface area contributed by atoms with Crippen LogP contribution in [0, 0.1) is 20.8 Å². The van der Waals surface area contributed by atoms with Gasteiger partial charge in [0.2, 0.25) is 0 Å². The Morgan fingerprint density at radius 3 is 2.50 bits per heavy atom. The van der Waals surface area contributed by atoms with Gasteiger partial charge in [-0.05, 0) is 71.6 Å². The summed E-state index contributed by atoms with van der Waals surface area (Å²) < 4.78 is 0.777. The van der Waals surface area contributed by atoms with Gasteiger partial charge in [0.25, 0.3) is 5.91 Å². The highest BCUT2D eigenvalue weighted by Crippen LogP contribution is 2.27. The Bertz CT molecular complexity index is 680. The van der Waals surface area contributed by atoms with Gasteiger partial charge in [-0.2, -0.15) is 0 Å². The maximum absolute atomic E-state index is 12.4. The van der Waals surface area contributed by atoms with Crippen LogP contribution >= 0.6 is 15.9 Å². The van der Waals surface area contributed by atoms with Crippen LogP contribution in [0.25, 0.3) is 0 Å². The summed E-state index contributed by atoms with van der Waals surface area (Å²) in [6.07, 6.45) is 0. The summed E-state index contributed by atoms with van der Waals surface area (Å²) in [5.41, 5.74) is 11.0. The third-order valence-corrected chi connectivity index (χ3v) is 4.03. The molecule has 104 valence electrons. The van der Waals surface area contributed by atoms with Crippen LogP contribution in [-0.2, 0) is 0 Å². The summed E-state index contributed by atoms with van der Waals surface area (Å²) in [7, 11) is 0. The predicted molar refractivity (Wildman–Crippen MR) is 87.2 cm³/mol. The molecular weight excluding hydrogens is 316 g/mol. The zero-order valence-electron chi connectivity index (χ0n) is 11.8. The second-order valence-corrected chi connectivity index (χ2v) is 5.76. The molecule has 1 amide bonds. The minimum absolute atomic E-state index is 0.169. The van der Waals surface area contributed by atoms with Crippen molar-refractivity contribution in [3.05, 3.63) is 57.1 Å². The summed E-state index contributed by atoms with van der Waals surface area (Å²) >= 11 is 3.42. The molecule has 20 heavy (non-hydrogen) atoms. The number of hydrogen-bond acceptors (Lipinski definition) is 2. The van der Waals surface area contributed by atoms with E-state index in [0.29, 0.717) is 16.9 Å². The molecule has 2 rings (SSSR count). The molecule has 0 aliphatic heterocycles. The molecule has 0 unspecified atom stereocenters. The molecule has 2 aromatic carbocycles. The van der Waals surface area contributed by atoms with Crippen molar-refractivity contribution in [1.82, 2.24) is 0 Å². The summed E-state index contributed by atoms with van der Waals surface area (Å²) in [5, 5.41) is 2.90. The number of benzene rings is 2. The van der Waals surface area contributed by atoms with E-state index in [2.05, 4.69) is 21.2 Å². The van der Waals surface area contributed by atoms with Crippen molar-refractivity contribution in [3.8, 4) is 0 Å². The molecule has 0 bridgehead atoms. The van der Waals surface area contributed by atoms with Crippen molar-refractivity contribution < 1.29 is 4.79 Å². The van der Waals surface area contributed by atoms with Crippen LogP contribution in [0.15, 0.2) is 34.8 Å². The molecule has 0 saturated heterocycles. The van der Waals surface area contributed by atoms with E-state index in [1.54, 1.807) is 6.07 Å². The molecule has 0 heterocycles. The largest absolute Gasteiger partial charge is 0.397 e. The van der Waals surface area contributed by atoms with Crippen LogP contribution in [-0.4, -0.2) is 5.91 Å². The molecule has 0 radical (unpaired) electrons. The smallest absolute Gasteiger partial charge is 0.256 e. The van der Waals surface area contributed by atoms with Gasteiger partial charge in [-0.1, -0.05) is 12.1 Å². The molecule has 0 aliphatic carbocycles. The molecule has 0 aliphatic rings. The monoisotopic (exact) mass is 332 g/mol. The van der Waals surface area contributed by atoms with Gasteiger partial charge in [-0.25, -0.2) is 0 Å². The van der Waals surface area contributed by atoms with E-state index < -0.39 is 0 Å². The highest BCUT2D eigenvalue weighted by Gasteiger charge is 2.13. The maximum Gasteiger partial charge on any atom is 0.256 e. The van der Waals surface area contributed by atoms with Crippen LogP contribution in [0.5, 0.6) is 0 Å². The fourth-order valence-electron chi connectivity index (χ4n) is 1.99. The van der Waals surface area contributed by atoms with Gasteiger partial charge < -0.3 is 11.1 Å². The Labute approximate surface area is 127 Å². The fraction of sp³-hybridized carbons (Fsp3) is 0.188. The first-order valence-electron chi connectivity index (χ1n) is 6.33. The normalized spacial score (nSPS) is 10.4. The Morgan fingerprint density at radius 2 is 1.85 bits per heavy atom. The number of aryl methyl sites for hydroxylation is 2. The molecule has 0 atom stereocenters. The van der Waals surface area contributed by atoms with Gasteiger partial charge in [0.05, 0.1) is 16.9 Å². The lowest BCUT2D eigenvalue weighted by molar-refractivity contribution is 0.102. The highest BCUT2D eigenvalue weighted by atomic mass is 79.9. The first-order chi connectivity index (χ1) is 9.40. The van der Waals surface area contributed by atoms with E-state index in [1.807, 2.05) is 45.0 Å². The van der Waals surface area contributed by atoms with Gasteiger partial charge in [-0.3, -0.25) is 4.79 Å². The quantitative estimate of drug-likeness (QED) is 0.809. The molecule has 2 aromatic rings. The van der Waals surface area contributed by atoms with E-state index in [1.165, 1.54) is 0 Å². The van der Waals surface area contributed by atoms with Crippen molar-refractivity contribution in [1.29, 1.82) is 0 Å². The van der Waals surface area contributed by atoms with Crippen LogP contribution < -0.4 is 11.1 Å². The second-order valence-electron chi connectivity index (χ2n) is 4.91. The average Bonchev–Trinajstić information content (AvgIpc) is 2.39. The van der Waals surface area contributed by atoms with Gasteiger partial charge in [-0.15, -0.1) is 0 Å². The van der Waals surface area contributed by atoms with Gasteiger partial charge in [0.1, 0.15) is 0 Å². The van der Waals surface area contributed by atoms with E-state index in [4.69, 9.17) is 5.73 Å². The number of nitrogens with two attached hydrogens (primary N) is 1. The number of amides is 1. The number of nitrogens with one attached hydrogen (secondary N) is 1. The van der Waals surface area contributed by atoms with Crippen LogP contribution in [0.4, 0.5) is 11.4 Å². The molecule has 0 aromatic heterocycles. The lowest BCUT2D eigenvalue weighted by Gasteiger charge is -2.14. The number of rotatable bonds is 2. The van der Waals surface area contributed by atoms with Crippen LogP contribution in [0.2, 0.25) is 0 Å². The first kappa shape index (κ1) is 14.6. The lowest BCUT2D eigenvalue weighted by atomic mass is 10.1. The molecule has 0 spiro atoms. The standard InChI is InChI=1S/C16H17BrN2O/c1-9-4-6-12(13(17)8-9)16(20)19-15-11(3)10(2)5-7-14(15)18/h4-8H,18H2,1-3H3,(H,19,20). The summed E-state index contributed by atoms with van der Waals surface area (Å²) in [6, 6.07) is 9.38. The Balaban J connectivity index is 2.35. The molecule has 3 nitrogen and oxygen atoms in total. The number of halogens is 1. The van der Waals surface area contributed by atoms with Crippen molar-refractivity contribution in [2.45, 2.75) is 20.8 Å². The van der Waals surface area contributed by atoms with Crippen molar-refractivity contribution in [2.75, 3.05) is 11.1 Å². The number of carbonyl (C=O) groups excluding carboxylic acids is 1. The third-order valence-electron chi connectivity index (χ3n) is 3.38. The van der Waals surface area contributed by atoms with Gasteiger partial charge in [0.15, 0.2) is 0 Å². The van der Waals surface area contributed by atoms with Crippen molar-refractivity contribution >= 4 is 33.2 Å². The summed E-state index contributed by atoms with van der Waals surface area (Å²) in [6.45, 7) is 5.92. The van der Waals surface area contributed by atoms with E-state index >= 15 is 0 Å². The Hall–Kier alpha value is -1.81. The minimum Gasteiger partial charge on any atom is -0.397 e. The van der Waals surface area contributed by atoms with E-state index in [9.17, 15) is 4.79 Å². The number of nitrogen functional groups attached to an aromatic ring is 1. The predicted octanol–water partition coefficient (Wildman–Crippen LogP) is 4.21. The number of hydrogen-bond donors (Lipinski definition) is 2. The Morgan fingerprint density at radius 1 is 1.15 bits per heavy atom. The van der Waals surface area contributed by atoms with E-state index in [0.717, 1.165) is 21.2 Å². The minimum atomic E-state index is -0.169. The topological polar surface area (TPSA) is 55.1 Å². The zero-order chi connectivity index (χ0) is 14.9. The molecule has 0 saturated carbocycles. The summed E-state index contributed by atoms with van der Waals surface area (Å²) in [5.74, 6) is -0.169. The first-order valence-corrected chi connectivity index (χ1v) is 7.12. The lowest BCUT2D eigenvalue weighted by Crippen LogP contribution is -2.15. The zero-order valence-corrected chi connectivity index (χ0v) is 13.3. The van der Waals surface area contributed by atoms with Gasteiger partial charge >= 0.3 is 0 Å². The SMILES string of the molecule is Cc1ccc(C(=O)Nc2c(N)ccc(C)c2C)c(Br)c1. The number of anilines is 2. The fourth-order valence-corrected chi connectivity index (χ4v) is 2.66. The van der Waals surface area contributed by atoms with Crippen molar-refractivity contribution in [2.24, 2.45) is 0 Å². The van der Waals surface area contributed by atoms with E-state index in [-0.39, 0.29) is 5.91 Å². The Kier molecular flexibility index (Phi) is 4.14. The molecule has 4 heteroatoms. The third kappa shape index (κ3) is 2.85. The maximum atomic E-state index is 12.4. The van der Waals surface area contributed by atoms with Gasteiger partial charge in [0, 0.05) is 4.47 Å². The molecular formula is C16H17BrN2O. The average molecular weight is 333 g/mol. The van der Waals surface area contributed by atoms with Crippen LogP contribution in [0.3, 0.4) is 0 Å². The van der Waals surface area contributed by atoms with Crippen LogP contribution in [0.1, 0.15) is 27.0 Å². The highest BCUT2D eigenvalue weighted by molar-refractivity contribution is 9.10. The molecule has 3 N–H and O–H groups in total. The van der Waals surface area contributed by atoms with Crippen molar-refractivity contribution in [3.63, 3.8) is 0 Å². The number of carbonyl (C=O) groups is 1. The second kappa shape index (κ2) is 5.67. The molecule has 0 fully saturated rings.